The lowest BCUT2D eigenvalue weighted by Gasteiger charge is -2.21. The summed E-state index contributed by atoms with van der Waals surface area (Å²) in [6.07, 6.45) is 0.411. The van der Waals surface area contributed by atoms with Crippen LogP contribution in [0.5, 0.6) is 0 Å². The van der Waals surface area contributed by atoms with Crippen molar-refractivity contribution in [3.63, 3.8) is 0 Å². The number of nitrogens with one attached hydrogen (secondary N) is 1. The molecule has 0 aromatic heterocycles. The Morgan fingerprint density at radius 1 is 1.25 bits per heavy atom. The van der Waals surface area contributed by atoms with Crippen LogP contribution in [-0.4, -0.2) is 11.8 Å². The van der Waals surface area contributed by atoms with Crippen molar-refractivity contribution in [2.24, 2.45) is 0 Å². The molecule has 1 saturated heterocycles. The number of piperidine rings is 1. The Hall–Kier alpha value is -1.42. The highest BCUT2D eigenvalue weighted by atomic mass is 35.5. The third-order valence-electron chi connectivity index (χ3n) is 2.54. The van der Waals surface area contributed by atoms with E-state index < -0.39 is 5.82 Å². The highest BCUT2D eigenvalue weighted by Crippen LogP contribution is 2.31. The number of benzene rings is 1. The molecule has 84 valence electrons. The van der Waals surface area contributed by atoms with E-state index in [2.05, 4.69) is 5.32 Å². The van der Waals surface area contributed by atoms with Crippen molar-refractivity contribution in [1.82, 2.24) is 5.32 Å². The van der Waals surface area contributed by atoms with Gasteiger partial charge in [-0.15, -0.1) is 0 Å². The molecule has 1 fully saturated rings. The van der Waals surface area contributed by atoms with Gasteiger partial charge >= 0.3 is 0 Å². The molecule has 2 amide bonds. The predicted octanol–water partition coefficient (Wildman–Crippen LogP) is 2.00. The fourth-order valence-electron chi connectivity index (χ4n) is 1.83. The number of carbonyl (C=O) groups is 2. The number of rotatable bonds is 1. The molecule has 1 heterocycles. The van der Waals surface area contributed by atoms with Crippen LogP contribution in [0.3, 0.4) is 0 Å². The predicted molar refractivity (Wildman–Crippen MR) is 56.5 cm³/mol. The number of hydrogen-bond donors (Lipinski definition) is 1. The summed E-state index contributed by atoms with van der Waals surface area (Å²) in [6, 6.07) is 3.99. The molecule has 0 aliphatic carbocycles. The Labute approximate surface area is 96.6 Å². The molecule has 16 heavy (non-hydrogen) atoms. The molecule has 1 aliphatic rings. The van der Waals surface area contributed by atoms with Crippen molar-refractivity contribution in [1.29, 1.82) is 0 Å². The van der Waals surface area contributed by atoms with Crippen LogP contribution >= 0.6 is 11.6 Å². The summed E-state index contributed by atoms with van der Waals surface area (Å²) in [5.74, 6) is -1.32. The van der Waals surface area contributed by atoms with E-state index >= 15 is 0 Å². The van der Waals surface area contributed by atoms with E-state index in [0.717, 1.165) is 0 Å². The molecule has 1 aromatic rings. The average Bonchev–Trinajstić information content (AvgIpc) is 2.15. The Kier molecular flexibility index (Phi) is 2.92. The number of amides is 2. The monoisotopic (exact) mass is 241 g/mol. The molecular formula is C11H9ClFNO2. The van der Waals surface area contributed by atoms with Crippen LogP contribution in [0.1, 0.15) is 24.3 Å². The minimum Gasteiger partial charge on any atom is -0.296 e. The zero-order valence-electron chi connectivity index (χ0n) is 8.30. The molecule has 0 unspecified atom stereocenters. The fraction of sp³-hybridized carbons (Fsp3) is 0.273. The van der Waals surface area contributed by atoms with Crippen molar-refractivity contribution in [3.05, 3.63) is 34.6 Å². The van der Waals surface area contributed by atoms with Crippen LogP contribution in [0.25, 0.3) is 0 Å². The molecular weight excluding hydrogens is 233 g/mol. The SMILES string of the molecule is O=C1CC(c2ccc(F)cc2Cl)CC(=O)N1. The Morgan fingerprint density at radius 2 is 1.88 bits per heavy atom. The van der Waals surface area contributed by atoms with Gasteiger partial charge in [-0.1, -0.05) is 17.7 Å². The van der Waals surface area contributed by atoms with E-state index in [9.17, 15) is 14.0 Å². The molecule has 5 heteroatoms. The van der Waals surface area contributed by atoms with Gasteiger partial charge in [-0.3, -0.25) is 14.9 Å². The Balaban J connectivity index is 2.29. The summed E-state index contributed by atoms with van der Waals surface area (Å²) < 4.78 is 12.8. The van der Waals surface area contributed by atoms with Gasteiger partial charge in [0, 0.05) is 23.8 Å². The van der Waals surface area contributed by atoms with Crippen LogP contribution in [0.2, 0.25) is 5.02 Å². The maximum Gasteiger partial charge on any atom is 0.227 e. The van der Waals surface area contributed by atoms with Crippen molar-refractivity contribution in [2.45, 2.75) is 18.8 Å². The molecule has 0 bridgehead atoms. The molecule has 2 rings (SSSR count). The van der Waals surface area contributed by atoms with Crippen molar-refractivity contribution in [3.8, 4) is 0 Å². The molecule has 3 nitrogen and oxygen atoms in total. The van der Waals surface area contributed by atoms with Crippen LogP contribution in [0.4, 0.5) is 4.39 Å². The highest BCUT2D eigenvalue weighted by Gasteiger charge is 2.27. The number of hydrogen-bond acceptors (Lipinski definition) is 2. The minimum absolute atomic E-state index is 0.205. The highest BCUT2D eigenvalue weighted by molar-refractivity contribution is 6.31. The van der Waals surface area contributed by atoms with Crippen molar-refractivity contribution < 1.29 is 14.0 Å². The molecule has 0 spiro atoms. The second kappa shape index (κ2) is 4.22. The number of imide groups is 1. The van der Waals surface area contributed by atoms with Crippen molar-refractivity contribution in [2.75, 3.05) is 0 Å². The lowest BCUT2D eigenvalue weighted by Crippen LogP contribution is -2.37. The first-order valence-corrected chi connectivity index (χ1v) is 5.21. The molecule has 1 aliphatic heterocycles. The minimum atomic E-state index is -0.430. The van der Waals surface area contributed by atoms with Crippen molar-refractivity contribution >= 4 is 23.4 Å². The topological polar surface area (TPSA) is 46.2 Å². The van der Waals surface area contributed by atoms with Crippen LogP contribution in [-0.2, 0) is 9.59 Å². The van der Waals surface area contributed by atoms with E-state index in [1.807, 2.05) is 0 Å². The van der Waals surface area contributed by atoms with Gasteiger partial charge in [0.2, 0.25) is 11.8 Å². The maximum absolute atomic E-state index is 12.8. The smallest absolute Gasteiger partial charge is 0.227 e. The molecule has 1 aromatic carbocycles. The van der Waals surface area contributed by atoms with Crippen LogP contribution < -0.4 is 5.32 Å². The number of carbonyl (C=O) groups excluding carboxylic acids is 2. The summed E-state index contributed by atoms with van der Waals surface area (Å²) in [4.78, 5) is 22.4. The van der Waals surface area contributed by atoms with E-state index in [0.29, 0.717) is 5.56 Å². The van der Waals surface area contributed by atoms with Gasteiger partial charge in [-0.2, -0.15) is 0 Å². The Bertz CT molecular complexity index is 445. The van der Waals surface area contributed by atoms with E-state index in [1.54, 1.807) is 0 Å². The zero-order valence-corrected chi connectivity index (χ0v) is 9.05. The van der Waals surface area contributed by atoms with Gasteiger partial charge in [-0.05, 0) is 17.7 Å². The first-order chi connectivity index (χ1) is 7.56. The fourth-order valence-corrected chi connectivity index (χ4v) is 2.15. The summed E-state index contributed by atoms with van der Waals surface area (Å²) in [5.41, 5.74) is 0.645. The van der Waals surface area contributed by atoms with Crippen LogP contribution in [0, 0.1) is 5.82 Å². The summed E-state index contributed by atoms with van der Waals surface area (Å²) >= 11 is 5.88. The van der Waals surface area contributed by atoms with Crippen LogP contribution in [0.15, 0.2) is 18.2 Å². The van der Waals surface area contributed by atoms with E-state index in [1.165, 1.54) is 18.2 Å². The van der Waals surface area contributed by atoms with E-state index in [4.69, 9.17) is 11.6 Å². The standard InChI is InChI=1S/C11H9ClFNO2/c12-9-5-7(13)1-2-8(9)6-3-10(15)14-11(16)4-6/h1-2,5-6H,3-4H2,(H,14,15,16). The summed E-state index contributed by atoms with van der Waals surface area (Å²) in [6.45, 7) is 0. The van der Waals surface area contributed by atoms with Gasteiger partial charge in [-0.25, -0.2) is 4.39 Å². The second-order valence-corrected chi connectivity index (χ2v) is 4.15. The first kappa shape index (κ1) is 11.1. The zero-order chi connectivity index (χ0) is 11.7. The molecule has 0 atom stereocenters. The lowest BCUT2D eigenvalue weighted by molar-refractivity contribution is -0.133. The van der Waals surface area contributed by atoms with Gasteiger partial charge < -0.3 is 0 Å². The van der Waals surface area contributed by atoms with Gasteiger partial charge in [0.15, 0.2) is 0 Å². The molecule has 1 N–H and O–H groups in total. The normalized spacial score (nSPS) is 17.4. The quantitative estimate of drug-likeness (QED) is 0.765. The molecule has 0 saturated carbocycles. The number of halogens is 2. The largest absolute Gasteiger partial charge is 0.296 e. The third kappa shape index (κ3) is 2.22. The van der Waals surface area contributed by atoms with Gasteiger partial charge in [0.1, 0.15) is 5.82 Å². The summed E-state index contributed by atoms with van der Waals surface area (Å²) in [7, 11) is 0. The first-order valence-electron chi connectivity index (χ1n) is 4.84. The lowest BCUT2D eigenvalue weighted by atomic mass is 9.89. The van der Waals surface area contributed by atoms with Gasteiger partial charge in [0.25, 0.3) is 0 Å². The Morgan fingerprint density at radius 3 is 2.44 bits per heavy atom. The van der Waals surface area contributed by atoms with E-state index in [-0.39, 0.29) is 35.6 Å². The maximum atomic E-state index is 12.8. The second-order valence-electron chi connectivity index (χ2n) is 3.74. The summed E-state index contributed by atoms with van der Waals surface area (Å²) in [5, 5.41) is 2.47. The van der Waals surface area contributed by atoms with Gasteiger partial charge in [0.05, 0.1) is 0 Å². The third-order valence-corrected chi connectivity index (χ3v) is 2.87. The average molecular weight is 242 g/mol. The molecule has 0 radical (unpaired) electrons.